The van der Waals surface area contributed by atoms with Crippen LogP contribution in [0.5, 0.6) is 5.75 Å². The molecule has 1 unspecified atom stereocenters. The number of methoxy groups -OCH3 is 1. The van der Waals surface area contributed by atoms with Crippen LogP contribution in [0.25, 0.3) is 0 Å². The van der Waals surface area contributed by atoms with Crippen LogP contribution >= 0.6 is 0 Å². The van der Waals surface area contributed by atoms with Gasteiger partial charge in [-0.25, -0.2) is 0 Å². The Morgan fingerprint density at radius 3 is 2.52 bits per heavy atom. The Labute approximate surface area is 126 Å². The van der Waals surface area contributed by atoms with E-state index in [-0.39, 0.29) is 17.7 Å². The molecule has 0 spiro atoms. The van der Waals surface area contributed by atoms with Gasteiger partial charge in [0.1, 0.15) is 5.75 Å². The number of hydrogen-bond acceptors (Lipinski definition) is 4. The van der Waals surface area contributed by atoms with Crippen molar-refractivity contribution in [2.45, 2.75) is 38.8 Å². The Bertz CT molecular complexity index is 434. The van der Waals surface area contributed by atoms with Gasteiger partial charge in [0.05, 0.1) is 12.6 Å². The fraction of sp³-hybridized carbons (Fsp3) is 0.562. The van der Waals surface area contributed by atoms with Gasteiger partial charge < -0.3 is 20.5 Å². The van der Waals surface area contributed by atoms with Gasteiger partial charge in [-0.1, -0.05) is 19.1 Å². The maximum Gasteiger partial charge on any atom is 0.240 e. The summed E-state index contributed by atoms with van der Waals surface area (Å²) in [7, 11) is 1.62. The number of carbonyl (C=O) groups is 1. The van der Waals surface area contributed by atoms with Crippen molar-refractivity contribution < 1.29 is 14.6 Å². The number of hydrogen-bond donors (Lipinski definition) is 2. The molecule has 2 atom stereocenters. The van der Waals surface area contributed by atoms with Gasteiger partial charge in [0, 0.05) is 19.7 Å². The second-order valence-electron chi connectivity index (χ2n) is 5.26. The van der Waals surface area contributed by atoms with Gasteiger partial charge in [0.25, 0.3) is 0 Å². The van der Waals surface area contributed by atoms with Gasteiger partial charge in [-0.15, -0.1) is 0 Å². The monoisotopic (exact) mass is 294 g/mol. The Hall–Kier alpha value is -1.59. The van der Waals surface area contributed by atoms with Crippen molar-refractivity contribution >= 4 is 5.91 Å². The lowest BCUT2D eigenvalue weighted by Gasteiger charge is -2.30. The zero-order valence-electron chi connectivity index (χ0n) is 13.1. The molecule has 1 aromatic rings. The zero-order valence-corrected chi connectivity index (χ0v) is 13.1. The molecule has 0 aliphatic heterocycles. The van der Waals surface area contributed by atoms with Crippen molar-refractivity contribution in [3.05, 3.63) is 29.8 Å². The average Bonchev–Trinajstić information content (AvgIpc) is 2.49. The van der Waals surface area contributed by atoms with Crippen LogP contribution in [-0.4, -0.2) is 48.3 Å². The highest BCUT2D eigenvalue weighted by molar-refractivity contribution is 5.82. The highest BCUT2D eigenvalue weighted by Crippen LogP contribution is 2.13. The molecule has 0 aliphatic rings. The number of benzene rings is 1. The first-order valence-corrected chi connectivity index (χ1v) is 7.32. The average molecular weight is 294 g/mol. The van der Waals surface area contributed by atoms with Crippen LogP contribution in [0.4, 0.5) is 0 Å². The number of nitrogens with two attached hydrogens (primary N) is 1. The van der Waals surface area contributed by atoms with Gasteiger partial charge in [-0.05, 0) is 37.5 Å². The van der Waals surface area contributed by atoms with Crippen molar-refractivity contribution in [1.82, 2.24) is 4.90 Å². The smallest absolute Gasteiger partial charge is 0.240 e. The minimum atomic E-state index is -0.583. The van der Waals surface area contributed by atoms with Crippen LogP contribution in [0.2, 0.25) is 0 Å². The zero-order chi connectivity index (χ0) is 15.8. The first-order valence-electron chi connectivity index (χ1n) is 7.32. The minimum Gasteiger partial charge on any atom is -0.508 e. The Kier molecular flexibility index (Phi) is 7.19. The van der Waals surface area contributed by atoms with Crippen molar-refractivity contribution in [3.63, 3.8) is 0 Å². The summed E-state index contributed by atoms with van der Waals surface area (Å²) < 4.78 is 5.07. The van der Waals surface area contributed by atoms with Crippen molar-refractivity contribution in [3.8, 4) is 5.75 Å². The van der Waals surface area contributed by atoms with E-state index in [4.69, 9.17) is 10.5 Å². The molecule has 0 aliphatic carbocycles. The van der Waals surface area contributed by atoms with E-state index in [1.54, 1.807) is 36.3 Å². The fourth-order valence-electron chi connectivity index (χ4n) is 2.14. The highest BCUT2D eigenvalue weighted by Gasteiger charge is 2.24. The molecule has 0 aromatic heterocycles. The molecule has 0 bridgehead atoms. The predicted octanol–water partition coefficient (Wildman–Crippen LogP) is 1.54. The second-order valence-corrected chi connectivity index (χ2v) is 5.26. The lowest BCUT2D eigenvalue weighted by Crippen LogP contribution is -2.49. The normalized spacial score (nSPS) is 13.7. The van der Waals surface area contributed by atoms with Crippen LogP contribution in [0.15, 0.2) is 24.3 Å². The third-order valence-electron chi connectivity index (χ3n) is 3.65. The van der Waals surface area contributed by atoms with Crippen LogP contribution in [-0.2, 0) is 16.0 Å². The van der Waals surface area contributed by atoms with E-state index in [1.807, 2.05) is 13.8 Å². The summed E-state index contributed by atoms with van der Waals surface area (Å²) in [6.07, 6.45) is 1.33. The molecule has 1 amide bonds. The molecule has 0 saturated carbocycles. The Morgan fingerprint density at radius 2 is 2.00 bits per heavy atom. The van der Waals surface area contributed by atoms with E-state index < -0.39 is 6.04 Å². The van der Waals surface area contributed by atoms with Crippen molar-refractivity contribution in [1.29, 1.82) is 0 Å². The summed E-state index contributed by atoms with van der Waals surface area (Å²) >= 11 is 0. The molecular weight excluding hydrogens is 268 g/mol. The van der Waals surface area contributed by atoms with Crippen LogP contribution < -0.4 is 5.73 Å². The molecule has 1 rings (SSSR count). The molecule has 0 fully saturated rings. The van der Waals surface area contributed by atoms with Crippen molar-refractivity contribution in [2.75, 3.05) is 20.3 Å². The Morgan fingerprint density at radius 1 is 1.38 bits per heavy atom. The molecule has 0 saturated heterocycles. The third kappa shape index (κ3) is 5.36. The van der Waals surface area contributed by atoms with Gasteiger partial charge in [-0.3, -0.25) is 4.79 Å². The van der Waals surface area contributed by atoms with Gasteiger partial charge >= 0.3 is 0 Å². The van der Waals surface area contributed by atoms with Gasteiger partial charge in [-0.2, -0.15) is 0 Å². The summed E-state index contributed by atoms with van der Waals surface area (Å²) in [5.74, 6) is 0.148. The molecule has 5 nitrogen and oxygen atoms in total. The number of ether oxygens (including phenoxy) is 1. The van der Waals surface area contributed by atoms with Crippen LogP contribution in [0, 0.1) is 0 Å². The summed E-state index contributed by atoms with van der Waals surface area (Å²) in [6, 6.07) is 6.32. The van der Waals surface area contributed by atoms with Gasteiger partial charge in [0.2, 0.25) is 5.91 Å². The number of phenols is 1. The van der Waals surface area contributed by atoms with Gasteiger partial charge in [0.15, 0.2) is 0 Å². The van der Waals surface area contributed by atoms with E-state index in [2.05, 4.69) is 0 Å². The maximum absolute atomic E-state index is 12.5. The molecule has 5 heteroatoms. The van der Waals surface area contributed by atoms with Crippen LogP contribution in [0.3, 0.4) is 0 Å². The molecule has 118 valence electrons. The lowest BCUT2D eigenvalue weighted by molar-refractivity contribution is -0.135. The largest absolute Gasteiger partial charge is 0.508 e. The molecule has 0 radical (unpaired) electrons. The second kappa shape index (κ2) is 8.64. The molecule has 1 aromatic carbocycles. The molecule has 0 heterocycles. The molecule has 3 N–H and O–H groups in total. The summed E-state index contributed by atoms with van der Waals surface area (Å²) in [5.41, 5.74) is 6.99. The number of phenolic OH excluding ortho intramolecular Hbond substituents is 1. The number of carbonyl (C=O) groups excluding carboxylic acids is 1. The van der Waals surface area contributed by atoms with E-state index in [9.17, 15) is 9.90 Å². The molecule has 21 heavy (non-hydrogen) atoms. The fourth-order valence-corrected chi connectivity index (χ4v) is 2.14. The first kappa shape index (κ1) is 17.5. The minimum absolute atomic E-state index is 0.0607. The number of aromatic hydroxyl groups is 1. The highest BCUT2D eigenvalue weighted by atomic mass is 16.5. The quantitative estimate of drug-likeness (QED) is 0.762. The van der Waals surface area contributed by atoms with Crippen molar-refractivity contribution in [2.24, 2.45) is 5.73 Å². The van der Waals surface area contributed by atoms with E-state index in [1.165, 1.54) is 0 Å². The maximum atomic E-state index is 12.5. The predicted molar refractivity (Wildman–Crippen MR) is 83.1 cm³/mol. The standard InChI is InChI=1S/C16H26N2O3/c1-4-12(2)18(9-10-21-3)16(20)15(17)11-13-5-7-14(19)8-6-13/h5-8,12,15,19H,4,9-11,17H2,1-3H3/t12?,15-/m1/s1. The van der Waals surface area contributed by atoms with E-state index in [0.29, 0.717) is 19.6 Å². The number of nitrogens with zero attached hydrogens (tertiary/aromatic N) is 1. The number of amides is 1. The first-order chi connectivity index (χ1) is 9.99. The molecular formula is C16H26N2O3. The van der Waals surface area contributed by atoms with E-state index in [0.717, 1.165) is 12.0 Å². The topological polar surface area (TPSA) is 75.8 Å². The lowest BCUT2D eigenvalue weighted by atomic mass is 10.0. The summed E-state index contributed by atoms with van der Waals surface area (Å²) in [4.78, 5) is 14.3. The summed E-state index contributed by atoms with van der Waals surface area (Å²) in [5, 5.41) is 9.27. The van der Waals surface area contributed by atoms with E-state index >= 15 is 0 Å². The SMILES string of the molecule is CCC(C)N(CCOC)C(=O)[C@H](N)Cc1ccc(O)cc1. The summed E-state index contributed by atoms with van der Waals surface area (Å²) in [6.45, 7) is 5.11. The van der Waals surface area contributed by atoms with Crippen LogP contribution in [0.1, 0.15) is 25.8 Å². The number of rotatable bonds is 8. The Balaban J connectivity index is 2.70. The third-order valence-corrected chi connectivity index (χ3v) is 3.65.